The molecule has 0 atom stereocenters. The third-order valence-electron chi connectivity index (χ3n) is 3.18. The van der Waals surface area contributed by atoms with E-state index in [2.05, 4.69) is 42.8 Å². The summed E-state index contributed by atoms with van der Waals surface area (Å²) in [5.41, 5.74) is 0. The van der Waals surface area contributed by atoms with E-state index in [-0.39, 0.29) is 0 Å². The molecule has 0 aliphatic carbocycles. The first-order valence-corrected chi connectivity index (χ1v) is 9.56. The maximum Gasteiger partial charge on any atom is 0.126 e. The van der Waals surface area contributed by atoms with Crippen LogP contribution in [-0.2, 0) is 10.9 Å². The van der Waals surface area contributed by atoms with Crippen molar-refractivity contribution < 1.29 is 0 Å². The molecule has 0 N–H and O–H groups in total. The summed E-state index contributed by atoms with van der Waals surface area (Å²) < 4.78 is 0. The lowest BCUT2D eigenvalue weighted by Crippen LogP contribution is -2.05. The molecule has 1 saturated heterocycles. The van der Waals surface area contributed by atoms with Crippen LogP contribution in [0.4, 0.5) is 0 Å². The summed E-state index contributed by atoms with van der Waals surface area (Å²) in [5, 5.41) is 0. The molecule has 0 unspecified atom stereocenters. The Bertz CT molecular complexity index is 403. The van der Waals surface area contributed by atoms with Gasteiger partial charge in [-0.1, -0.05) is 49.7 Å². The van der Waals surface area contributed by atoms with E-state index in [1.807, 2.05) is 12.2 Å². The third kappa shape index (κ3) is 9.82. The van der Waals surface area contributed by atoms with E-state index >= 15 is 0 Å². The van der Waals surface area contributed by atoms with Gasteiger partial charge in [-0.15, -0.1) is 5.92 Å². The van der Waals surface area contributed by atoms with Crippen LogP contribution < -0.4 is 0 Å². The molecule has 0 spiro atoms. The number of allylic oxidation sites excluding steroid dienone is 3. The van der Waals surface area contributed by atoms with Crippen molar-refractivity contribution in [1.82, 2.24) is 0 Å². The Morgan fingerprint density at radius 3 is 2.65 bits per heavy atom. The number of rotatable bonds is 6. The van der Waals surface area contributed by atoms with Crippen LogP contribution in [0.3, 0.4) is 0 Å². The van der Waals surface area contributed by atoms with Crippen molar-refractivity contribution in [3.63, 3.8) is 0 Å². The summed E-state index contributed by atoms with van der Waals surface area (Å²) >= 11 is 0. The predicted molar refractivity (Wildman–Crippen MR) is 93.8 cm³/mol. The molecule has 0 radical (unpaired) electrons. The molecule has 0 nitrogen and oxygen atoms in total. The zero-order chi connectivity index (χ0) is 14.3. The van der Waals surface area contributed by atoms with Crippen molar-refractivity contribution in [1.29, 1.82) is 0 Å². The molecular weight excluding hydrogens is 260 g/mol. The Kier molecular flexibility index (Phi) is 11.0. The van der Waals surface area contributed by atoms with Crippen LogP contribution in [0.2, 0.25) is 0 Å². The Hall–Kier alpha value is -1.05. The number of unbranched alkanes of at least 4 members (excludes halogenated alkanes) is 3. The summed E-state index contributed by atoms with van der Waals surface area (Å²) in [6.07, 6.45) is 16.8. The van der Waals surface area contributed by atoms with Crippen LogP contribution in [0.15, 0.2) is 24.3 Å². The quantitative estimate of drug-likeness (QED) is 0.292. The molecule has 20 heavy (non-hydrogen) atoms. The summed E-state index contributed by atoms with van der Waals surface area (Å²) in [6.45, 7) is 2.22. The highest BCUT2D eigenvalue weighted by atomic mass is 32.2. The van der Waals surface area contributed by atoms with Gasteiger partial charge in [0.2, 0.25) is 0 Å². The van der Waals surface area contributed by atoms with Gasteiger partial charge in [0.25, 0.3) is 0 Å². The molecule has 0 amide bonds. The van der Waals surface area contributed by atoms with Crippen LogP contribution in [0.1, 0.15) is 51.9 Å². The molecule has 1 aliphatic rings. The molecule has 1 rings (SSSR count). The molecule has 0 aromatic heterocycles. The highest BCUT2D eigenvalue weighted by molar-refractivity contribution is 7.97. The molecule has 1 aliphatic heterocycles. The van der Waals surface area contributed by atoms with Crippen LogP contribution in [0, 0.1) is 23.7 Å². The van der Waals surface area contributed by atoms with Gasteiger partial charge in [-0.05, 0) is 42.3 Å². The molecule has 0 bridgehead atoms. The van der Waals surface area contributed by atoms with Crippen molar-refractivity contribution >= 4 is 10.9 Å². The second kappa shape index (κ2) is 13.0. The van der Waals surface area contributed by atoms with E-state index in [1.54, 1.807) is 0 Å². The van der Waals surface area contributed by atoms with E-state index in [1.165, 1.54) is 49.4 Å². The molecule has 1 heterocycles. The molecule has 108 valence electrons. The average Bonchev–Trinajstić information content (AvgIpc) is 2.97. The van der Waals surface area contributed by atoms with Gasteiger partial charge < -0.3 is 0 Å². The fourth-order valence-electron chi connectivity index (χ4n) is 2.02. The number of hydrogen-bond donors (Lipinski definition) is 0. The monoisotopic (exact) mass is 287 g/mol. The Balaban J connectivity index is 2.02. The van der Waals surface area contributed by atoms with Gasteiger partial charge in [0.1, 0.15) is 17.3 Å². The van der Waals surface area contributed by atoms with Crippen LogP contribution in [0.25, 0.3) is 0 Å². The van der Waals surface area contributed by atoms with Crippen LogP contribution in [0.5, 0.6) is 0 Å². The zero-order valence-corrected chi connectivity index (χ0v) is 13.6. The topological polar surface area (TPSA) is 0 Å². The Labute approximate surface area is 128 Å². The highest BCUT2D eigenvalue weighted by Crippen LogP contribution is 2.13. The van der Waals surface area contributed by atoms with E-state index in [9.17, 15) is 0 Å². The lowest BCUT2D eigenvalue weighted by Gasteiger charge is -1.92. The van der Waals surface area contributed by atoms with Gasteiger partial charge in [-0.3, -0.25) is 0 Å². The fourth-order valence-corrected chi connectivity index (χ4v) is 4.17. The molecule has 0 aromatic carbocycles. The summed E-state index contributed by atoms with van der Waals surface area (Å²) in [5.74, 6) is 16.5. The predicted octanol–water partition coefficient (Wildman–Crippen LogP) is 4.49. The lowest BCUT2D eigenvalue weighted by atomic mass is 10.2. The third-order valence-corrected chi connectivity index (χ3v) is 5.58. The normalized spacial score (nSPS) is 15.2. The van der Waals surface area contributed by atoms with Gasteiger partial charge in [-0.25, -0.2) is 0 Å². The smallest absolute Gasteiger partial charge is 0.102 e. The molecule has 1 fully saturated rings. The second-order valence-corrected chi connectivity index (χ2v) is 7.36. The first-order chi connectivity index (χ1) is 9.93. The number of hydrogen-bond acceptors (Lipinski definition) is 0. The maximum absolute atomic E-state index is 3.17. The van der Waals surface area contributed by atoms with Crippen molar-refractivity contribution in [3.05, 3.63) is 24.3 Å². The highest BCUT2D eigenvalue weighted by Gasteiger charge is 2.21. The van der Waals surface area contributed by atoms with Crippen molar-refractivity contribution in [2.24, 2.45) is 0 Å². The van der Waals surface area contributed by atoms with E-state index in [4.69, 9.17) is 0 Å². The first-order valence-electron chi connectivity index (χ1n) is 7.83. The van der Waals surface area contributed by atoms with Crippen molar-refractivity contribution in [3.8, 4) is 23.7 Å². The minimum atomic E-state index is 0.682. The van der Waals surface area contributed by atoms with Gasteiger partial charge in [0.15, 0.2) is 0 Å². The Morgan fingerprint density at radius 2 is 1.85 bits per heavy atom. The van der Waals surface area contributed by atoms with Crippen molar-refractivity contribution in [2.45, 2.75) is 51.9 Å². The molecular formula is C19H27S+. The zero-order valence-electron chi connectivity index (χ0n) is 12.8. The molecule has 0 aromatic rings. The largest absolute Gasteiger partial charge is 0.126 e. The lowest BCUT2D eigenvalue weighted by molar-refractivity contribution is 0.737. The van der Waals surface area contributed by atoms with Crippen molar-refractivity contribution in [2.75, 3.05) is 17.3 Å². The molecule has 0 saturated carbocycles. The van der Waals surface area contributed by atoms with Gasteiger partial charge in [-0.2, -0.15) is 0 Å². The van der Waals surface area contributed by atoms with Crippen LogP contribution in [-0.4, -0.2) is 17.3 Å². The summed E-state index contributed by atoms with van der Waals surface area (Å²) in [6, 6.07) is 0. The standard InChI is InChI=1S/C19H27S/c1-2-3-4-5-6-7-8-9-10-11-12-13-14-17-20-18-15-16-19-20/h11-14H,2-5,8,15-19H2,1H3/q+1/b12-11+,14-13+. The Morgan fingerprint density at radius 1 is 1.00 bits per heavy atom. The maximum atomic E-state index is 3.17. The van der Waals surface area contributed by atoms with Crippen LogP contribution >= 0.6 is 0 Å². The first kappa shape index (κ1) is 17.0. The SMILES string of the molecule is CCCCCC#CCC#C/C=C/C=C/C[S+]1CCCC1. The average molecular weight is 287 g/mol. The second-order valence-electron chi connectivity index (χ2n) is 4.99. The van der Waals surface area contributed by atoms with E-state index in [0.717, 1.165) is 6.42 Å². The molecule has 1 heteroatoms. The fraction of sp³-hybridized carbons (Fsp3) is 0.579. The van der Waals surface area contributed by atoms with Gasteiger partial charge in [0, 0.05) is 6.42 Å². The summed E-state index contributed by atoms with van der Waals surface area (Å²) in [7, 11) is 0.682. The minimum absolute atomic E-state index is 0.682. The van der Waals surface area contributed by atoms with Gasteiger partial charge >= 0.3 is 0 Å². The minimum Gasteiger partial charge on any atom is -0.102 e. The van der Waals surface area contributed by atoms with E-state index in [0.29, 0.717) is 17.3 Å². The summed E-state index contributed by atoms with van der Waals surface area (Å²) in [4.78, 5) is 0. The van der Waals surface area contributed by atoms with Gasteiger partial charge in [0.05, 0.1) is 6.42 Å². The van der Waals surface area contributed by atoms with E-state index < -0.39 is 0 Å².